The van der Waals surface area contributed by atoms with Crippen molar-refractivity contribution in [2.24, 2.45) is 0 Å². The fraction of sp³-hybridized carbons (Fsp3) is 0.500. The maximum absolute atomic E-state index is 4.81. The molecule has 0 aromatic carbocycles. The Kier molecular flexibility index (Phi) is 4.74. The molecule has 0 spiro atoms. The van der Waals surface area contributed by atoms with Gasteiger partial charge in [-0.05, 0) is 53.4 Å². The zero-order valence-corrected chi connectivity index (χ0v) is 16.1. The van der Waals surface area contributed by atoms with Crippen LogP contribution in [0.4, 0.5) is 17.6 Å². The van der Waals surface area contributed by atoms with Gasteiger partial charge in [0, 0.05) is 56.1 Å². The van der Waals surface area contributed by atoms with Crippen molar-refractivity contribution >= 4 is 33.5 Å². The van der Waals surface area contributed by atoms with Gasteiger partial charge in [0.2, 0.25) is 5.95 Å². The van der Waals surface area contributed by atoms with Crippen molar-refractivity contribution in [3.05, 3.63) is 34.6 Å². The van der Waals surface area contributed by atoms with E-state index in [2.05, 4.69) is 53.6 Å². The summed E-state index contributed by atoms with van der Waals surface area (Å²) in [6, 6.07) is 4.15. The van der Waals surface area contributed by atoms with Gasteiger partial charge < -0.3 is 14.7 Å². The van der Waals surface area contributed by atoms with E-state index in [4.69, 9.17) is 4.98 Å². The molecule has 0 saturated carbocycles. The number of hydrogen-bond acceptors (Lipinski definition) is 6. The number of nitrogens with zero attached hydrogens (tertiary/aromatic N) is 6. The summed E-state index contributed by atoms with van der Waals surface area (Å²) in [6.07, 6.45) is 6.25. The molecular weight excluding hydrogens is 380 g/mol. The summed E-state index contributed by atoms with van der Waals surface area (Å²) >= 11 is 3.49. The van der Waals surface area contributed by atoms with Gasteiger partial charge in [-0.1, -0.05) is 0 Å². The van der Waals surface area contributed by atoms with Gasteiger partial charge in [0.05, 0.1) is 0 Å². The van der Waals surface area contributed by atoms with Crippen molar-refractivity contribution in [2.75, 3.05) is 54.0 Å². The molecule has 2 aliphatic heterocycles. The molecule has 0 N–H and O–H groups in total. The van der Waals surface area contributed by atoms with Gasteiger partial charge in [0.1, 0.15) is 11.6 Å². The fourth-order valence-electron chi connectivity index (χ4n) is 3.60. The number of hydrogen-bond donors (Lipinski definition) is 0. The van der Waals surface area contributed by atoms with Crippen molar-refractivity contribution in [3.63, 3.8) is 0 Å². The lowest BCUT2D eigenvalue weighted by Gasteiger charge is -2.36. The van der Waals surface area contributed by atoms with E-state index < -0.39 is 0 Å². The Bertz CT molecular complexity index is 738. The van der Waals surface area contributed by atoms with Crippen molar-refractivity contribution in [3.8, 4) is 0 Å². The summed E-state index contributed by atoms with van der Waals surface area (Å²) in [4.78, 5) is 20.9. The molecule has 7 heteroatoms. The van der Waals surface area contributed by atoms with Gasteiger partial charge in [0.15, 0.2) is 0 Å². The van der Waals surface area contributed by atoms with Crippen LogP contribution in [0.15, 0.2) is 29.0 Å². The number of pyridine rings is 1. The summed E-state index contributed by atoms with van der Waals surface area (Å²) in [5, 5.41) is 0. The van der Waals surface area contributed by atoms with Gasteiger partial charge >= 0.3 is 0 Å². The average molecular weight is 403 g/mol. The molecule has 0 atom stereocenters. The van der Waals surface area contributed by atoms with Crippen molar-refractivity contribution in [1.82, 2.24) is 15.0 Å². The number of aromatic nitrogens is 3. The van der Waals surface area contributed by atoms with Crippen LogP contribution in [0.1, 0.15) is 18.4 Å². The van der Waals surface area contributed by atoms with Crippen molar-refractivity contribution in [1.29, 1.82) is 0 Å². The van der Waals surface area contributed by atoms with E-state index in [-0.39, 0.29) is 0 Å². The average Bonchev–Trinajstić information content (AvgIpc) is 3.17. The van der Waals surface area contributed by atoms with Crippen LogP contribution in [-0.4, -0.2) is 54.2 Å². The van der Waals surface area contributed by atoms with E-state index in [0.717, 1.165) is 61.3 Å². The van der Waals surface area contributed by atoms with E-state index in [1.807, 2.05) is 18.5 Å². The fourth-order valence-corrected chi connectivity index (χ4v) is 4.04. The van der Waals surface area contributed by atoms with Gasteiger partial charge in [-0.3, -0.25) is 0 Å². The van der Waals surface area contributed by atoms with Crippen LogP contribution in [-0.2, 0) is 0 Å². The summed E-state index contributed by atoms with van der Waals surface area (Å²) in [5.41, 5.74) is 1.21. The molecule has 2 aliphatic rings. The summed E-state index contributed by atoms with van der Waals surface area (Å²) in [5.74, 6) is 3.00. The summed E-state index contributed by atoms with van der Waals surface area (Å²) in [6.45, 7) is 8.09. The quantitative estimate of drug-likeness (QED) is 0.786. The van der Waals surface area contributed by atoms with E-state index >= 15 is 0 Å². The molecule has 2 aromatic rings. The molecule has 0 amide bonds. The zero-order valence-electron chi connectivity index (χ0n) is 14.5. The molecule has 6 nitrogen and oxygen atoms in total. The lowest BCUT2D eigenvalue weighted by molar-refractivity contribution is 0.639. The number of anilines is 3. The third-order valence-corrected chi connectivity index (χ3v) is 5.37. The molecular formula is C18H23BrN6. The summed E-state index contributed by atoms with van der Waals surface area (Å²) < 4.78 is 1.03. The van der Waals surface area contributed by atoms with Crippen LogP contribution in [0.25, 0.3) is 0 Å². The molecule has 0 unspecified atom stereocenters. The van der Waals surface area contributed by atoms with Crippen LogP contribution in [0.2, 0.25) is 0 Å². The highest BCUT2D eigenvalue weighted by atomic mass is 79.9. The third kappa shape index (κ3) is 3.56. The van der Waals surface area contributed by atoms with E-state index in [1.54, 1.807) is 0 Å². The molecule has 0 bridgehead atoms. The lowest BCUT2D eigenvalue weighted by atomic mass is 10.2. The number of halogens is 1. The first kappa shape index (κ1) is 16.6. The predicted octanol–water partition coefficient (Wildman–Crippen LogP) is 2.87. The van der Waals surface area contributed by atoms with Crippen molar-refractivity contribution < 1.29 is 0 Å². The zero-order chi connectivity index (χ0) is 17.2. The molecule has 0 radical (unpaired) electrons. The Balaban J connectivity index is 1.44. The molecule has 2 aromatic heterocycles. The first-order valence-corrected chi connectivity index (χ1v) is 9.70. The highest BCUT2D eigenvalue weighted by molar-refractivity contribution is 9.10. The van der Waals surface area contributed by atoms with Gasteiger partial charge in [-0.2, -0.15) is 4.98 Å². The summed E-state index contributed by atoms with van der Waals surface area (Å²) in [7, 11) is 0. The topological polar surface area (TPSA) is 48.4 Å². The maximum Gasteiger partial charge on any atom is 0.227 e. The number of aryl methyl sites for hydroxylation is 1. The second-order valence-corrected chi connectivity index (χ2v) is 7.59. The molecule has 2 fully saturated rings. The normalized spacial score (nSPS) is 18.1. The van der Waals surface area contributed by atoms with E-state index in [9.17, 15) is 0 Å². The Labute approximate surface area is 157 Å². The van der Waals surface area contributed by atoms with Crippen LogP contribution < -0.4 is 14.7 Å². The monoisotopic (exact) mass is 402 g/mol. The van der Waals surface area contributed by atoms with Crippen LogP contribution in [0, 0.1) is 6.92 Å². The molecule has 132 valence electrons. The third-order valence-electron chi connectivity index (χ3n) is 4.94. The Morgan fingerprint density at radius 2 is 1.64 bits per heavy atom. The minimum Gasteiger partial charge on any atom is -0.353 e. The van der Waals surface area contributed by atoms with Gasteiger partial charge in [-0.15, -0.1) is 0 Å². The molecule has 2 saturated heterocycles. The van der Waals surface area contributed by atoms with Gasteiger partial charge in [-0.25, -0.2) is 9.97 Å². The smallest absolute Gasteiger partial charge is 0.227 e. The Hall–Kier alpha value is -1.89. The molecule has 4 heterocycles. The highest BCUT2D eigenvalue weighted by Crippen LogP contribution is 2.24. The van der Waals surface area contributed by atoms with Gasteiger partial charge in [0.25, 0.3) is 0 Å². The lowest BCUT2D eigenvalue weighted by Crippen LogP contribution is -2.47. The number of piperazine rings is 1. The maximum atomic E-state index is 4.81. The first-order valence-electron chi connectivity index (χ1n) is 8.91. The Morgan fingerprint density at radius 3 is 2.36 bits per heavy atom. The predicted molar refractivity (Wildman–Crippen MR) is 105 cm³/mol. The van der Waals surface area contributed by atoms with Crippen LogP contribution in [0.5, 0.6) is 0 Å². The SMILES string of the molecule is Cc1cc(Br)cnc1N1CCN(c2ccnc(N3CCCC3)n2)CC1. The second kappa shape index (κ2) is 7.15. The Morgan fingerprint density at radius 1 is 0.920 bits per heavy atom. The highest BCUT2D eigenvalue weighted by Gasteiger charge is 2.22. The number of rotatable bonds is 3. The van der Waals surface area contributed by atoms with Crippen molar-refractivity contribution in [2.45, 2.75) is 19.8 Å². The minimum atomic E-state index is 0.878. The molecule has 0 aliphatic carbocycles. The second-order valence-electron chi connectivity index (χ2n) is 6.68. The van der Waals surface area contributed by atoms with Crippen LogP contribution >= 0.6 is 15.9 Å². The van der Waals surface area contributed by atoms with Crippen LogP contribution in [0.3, 0.4) is 0 Å². The molecule has 4 rings (SSSR count). The largest absolute Gasteiger partial charge is 0.353 e. The van der Waals surface area contributed by atoms with E-state index in [0.29, 0.717) is 0 Å². The first-order chi connectivity index (χ1) is 12.2. The minimum absolute atomic E-state index is 0.878. The van der Waals surface area contributed by atoms with E-state index in [1.165, 1.54) is 18.4 Å². The standard InChI is InChI=1S/C18H23BrN6/c1-14-12-15(19)13-21-17(14)24-10-8-23(9-11-24)16-4-5-20-18(22-16)25-6-2-3-7-25/h4-5,12-13H,2-3,6-11H2,1H3. The molecule has 25 heavy (non-hydrogen) atoms.